The maximum absolute atomic E-state index is 11.7. The van der Waals surface area contributed by atoms with Crippen molar-refractivity contribution in [2.75, 3.05) is 6.61 Å². The Balaban J connectivity index is 4.02. The Morgan fingerprint density at radius 1 is 1.00 bits per heavy atom. The topological polar surface area (TPSA) is 63.6 Å². The van der Waals surface area contributed by atoms with Crippen molar-refractivity contribution in [1.82, 2.24) is 0 Å². The number of aliphatic carboxylic acids is 1. The highest BCUT2D eigenvalue weighted by Crippen LogP contribution is 2.27. The van der Waals surface area contributed by atoms with Gasteiger partial charge in [0.2, 0.25) is 0 Å². The molecule has 4 nitrogen and oxygen atoms in total. The summed E-state index contributed by atoms with van der Waals surface area (Å²) in [5.74, 6) is -1.70. The third-order valence-corrected chi connectivity index (χ3v) is 3.48. The fraction of sp³-hybridized carbons (Fsp3) is 0.867. The van der Waals surface area contributed by atoms with Crippen LogP contribution in [0, 0.1) is 5.41 Å². The number of carbonyl (C=O) groups is 2. The van der Waals surface area contributed by atoms with E-state index >= 15 is 0 Å². The van der Waals surface area contributed by atoms with Crippen LogP contribution in [0.5, 0.6) is 0 Å². The van der Waals surface area contributed by atoms with E-state index in [0.717, 1.165) is 19.3 Å². The fourth-order valence-electron chi connectivity index (χ4n) is 2.02. The van der Waals surface area contributed by atoms with Gasteiger partial charge in [0.05, 0.1) is 6.61 Å². The molecule has 0 amide bonds. The first-order valence-electron chi connectivity index (χ1n) is 7.39. The summed E-state index contributed by atoms with van der Waals surface area (Å²) in [5, 5.41) is 9.20. The second-order valence-corrected chi connectivity index (χ2v) is 5.23. The van der Waals surface area contributed by atoms with Crippen molar-refractivity contribution in [3.8, 4) is 0 Å². The number of carboxylic acid groups (broad SMARTS) is 1. The lowest BCUT2D eigenvalue weighted by atomic mass is 9.84. The zero-order valence-electron chi connectivity index (χ0n) is 12.5. The zero-order valence-corrected chi connectivity index (χ0v) is 12.5. The number of hydrogen-bond donors (Lipinski definition) is 1. The van der Waals surface area contributed by atoms with E-state index in [1.807, 2.05) is 0 Å². The highest BCUT2D eigenvalue weighted by atomic mass is 16.5. The van der Waals surface area contributed by atoms with Crippen molar-refractivity contribution in [2.45, 2.75) is 72.1 Å². The van der Waals surface area contributed by atoms with Crippen LogP contribution >= 0.6 is 0 Å². The van der Waals surface area contributed by atoms with Gasteiger partial charge in [-0.25, -0.2) is 0 Å². The molecule has 0 spiro atoms. The van der Waals surface area contributed by atoms with Crippen LogP contribution in [0.1, 0.15) is 72.1 Å². The normalized spacial score (nSPS) is 13.8. The fourth-order valence-corrected chi connectivity index (χ4v) is 2.02. The van der Waals surface area contributed by atoms with Crippen LogP contribution in [-0.4, -0.2) is 23.7 Å². The molecule has 0 fully saturated rings. The van der Waals surface area contributed by atoms with E-state index in [9.17, 15) is 14.7 Å². The first kappa shape index (κ1) is 17.9. The maximum Gasteiger partial charge on any atom is 0.323 e. The molecule has 4 heteroatoms. The van der Waals surface area contributed by atoms with Gasteiger partial charge in [-0.3, -0.25) is 9.59 Å². The van der Waals surface area contributed by atoms with Crippen molar-refractivity contribution in [2.24, 2.45) is 5.41 Å². The van der Waals surface area contributed by atoms with E-state index in [-0.39, 0.29) is 6.61 Å². The van der Waals surface area contributed by atoms with Gasteiger partial charge in [0.1, 0.15) is 0 Å². The van der Waals surface area contributed by atoms with Crippen LogP contribution in [0.25, 0.3) is 0 Å². The van der Waals surface area contributed by atoms with Gasteiger partial charge in [-0.1, -0.05) is 51.9 Å². The first-order valence-corrected chi connectivity index (χ1v) is 7.39. The van der Waals surface area contributed by atoms with E-state index in [1.165, 1.54) is 32.6 Å². The Kier molecular flexibility index (Phi) is 9.27. The van der Waals surface area contributed by atoms with Crippen molar-refractivity contribution in [1.29, 1.82) is 0 Å². The molecular formula is C15H28O4. The van der Waals surface area contributed by atoms with Gasteiger partial charge in [0, 0.05) is 0 Å². The predicted octanol–water partition coefficient (Wildman–Crippen LogP) is 3.78. The minimum atomic E-state index is -1.39. The molecule has 0 heterocycles. The third kappa shape index (κ3) is 6.60. The average Bonchev–Trinajstić information content (AvgIpc) is 2.37. The molecule has 0 aromatic heterocycles. The molecule has 0 rings (SSSR count). The maximum atomic E-state index is 11.7. The van der Waals surface area contributed by atoms with Gasteiger partial charge >= 0.3 is 11.9 Å². The standard InChI is InChI=1S/C15H28O4/c1-4-6-7-8-9-10-11-12-15(3,13(16)17)14(18)19-5-2/h4-12H2,1-3H3,(H,16,17). The van der Waals surface area contributed by atoms with Gasteiger partial charge in [-0.2, -0.15) is 0 Å². The minimum absolute atomic E-state index is 0.221. The second kappa shape index (κ2) is 9.82. The van der Waals surface area contributed by atoms with Gasteiger partial charge in [-0.05, 0) is 20.3 Å². The summed E-state index contributed by atoms with van der Waals surface area (Å²) in [7, 11) is 0. The largest absolute Gasteiger partial charge is 0.480 e. The smallest absolute Gasteiger partial charge is 0.323 e. The molecule has 0 aromatic rings. The number of carboxylic acids is 1. The van der Waals surface area contributed by atoms with Crippen LogP contribution in [0.15, 0.2) is 0 Å². The Morgan fingerprint density at radius 3 is 2.00 bits per heavy atom. The molecule has 0 aromatic carbocycles. The van der Waals surface area contributed by atoms with Crippen molar-refractivity contribution in [3.63, 3.8) is 0 Å². The number of carbonyl (C=O) groups excluding carboxylic acids is 1. The highest BCUT2D eigenvalue weighted by Gasteiger charge is 2.42. The van der Waals surface area contributed by atoms with Gasteiger partial charge in [0.25, 0.3) is 0 Å². The number of ether oxygens (including phenoxy) is 1. The minimum Gasteiger partial charge on any atom is -0.480 e. The van der Waals surface area contributed by atoms with Crippen molar-refractivity contribution >= 4 is 11.9 Å². The molecule has 19 heavy (non-hydrogen) atoms. The van der Waals surface area contributed by atoms with E-state index in [0.29, 0.717) is 6.42 Å². The lowest BCUT2D eigenvalue weighted by Crippen LogP contribution is -2.38. The SMILES string of the molecule is CCCCCCCCCC(C)(C(=O)O)C(=O)OCC. The third-order valence-electron chi connectivity index (χ3n) is 3.48. The van der Waals surface area contributed by atoms with Crippen LogP contribution in [-0.2, 0) is 14.3 Å². The molecule has 1 atom stereocenters. The summed E-state index contributed by atoms with van der Waals surface area (Å²) in [6.45, 7) is 5.55. The summed E-state index contributed by atoms with van der Waals surface area (Å²) < 4.78 is 4.86. The van der Waals surface area contributed by atoms with Crippen LogP contribution in [0.3, 0.4) is 0 Å². The lowest BCUT2D eigenvalue weighted by molar-refractivity contribution is -0.167. The summed E-state index contributed by atoms with van der Waals surface area (Å²) >= 11 is 0. The monoisotopic (exact) mass is 272 g/mol. The number of esters is 1. The molecule has 1 unspecified atom stereocenters. The molecule has 112 valence electrons. The van der Waals surface area contributed by atoms with E-state index < -0.39 is 17.4 Å². The Hall–Kier alpha value is -1.06. The summed E-state index contributed by atoms with van der Waals surface area (Å²) in [4.78, 5) is 23.0. The van der Waals surface area contributed by atoms with Crippen molar-refractivity contribution in [3.05, 3.63) is 0 Å². The molecule has 0 saturated heterocycles. The Morgan fingerprint density at radius 2 is 1.53 bits per heavy atom. The lowest BCUT2D eigenvalue weighted by Gasteiger charge is -2.22. The molecule has 0 aliphatic rings. The van der Waals surface area contributed by atoms with Crippen LogP contribution < -0.4 is 0 Å². The quantitative estimate of drug-likeness (QED) is 0.353. The first-order chi connectivity index (χ1) is 8.99. The van der Waals surface area contributed by atoms with Crippen molar-refractivity contribution < 1.29 is 19.4 Å². The van der Waals surface area contributed by atoms with Crippen LogP contribution in [0.4, 0.5) is 0 Å². The Labute approximate surface area is 116 Å². The van der Waals surface area contributed by atoms with Gasteiger partial charge in [-0.15, -0.1) is 0 Å². The van der Waals surface area contributed by atoms with Crippen LogP contribution in [0.2, 0.25) is 0 Å². The van der Waals surface area contributed by atoms with E-state index in [4.69, 9.17) is 4.74 Å². The molecular weight excluding hydrogens is 244 g/mol. The number of unbranched alkanes of at least 4 members (excludes halogenated alkanes) is 6. The summed E-state index contributed by atoms with van der Waals surface area (Å²) in [6, 6.07) is 0. The molecule has 1 N–H and O–H groups in total. The molecule has 0 bridgehead atoms. The second-order valence-electron chi connectivity index (χ2n) is 5.23. The van der Waals surface area contributed by atoms with Gasteiger partial charge in [0.15, 0.2) is 5.41 Å². The van der Waals surface area contributed by atoms with Gasteiger partial charge < -0.3 is 9.84 Å². The van der Waals surface area contributed by atoms with E-state index in [1.54, 1.807) is 6.92 Å². The molecule has 0 aliphatic carbocycles. The number of rotatable bonds is 11. The number of hydrogen-bond acceptors (Lipinski definition) is 3. The summed E-state index contributed by atoms with van der Waals surface area (Å²) in [6.07, 6.45) is 8.12. The zero-order chi connectivity index (χ0) is 14.7. The predicted molar refractivity (Wildman–Crippen MR) is 75.0 cm³/mol. The Bertz CT molecular complexity index is 275. The van der Waals surface area contributed by atoms with E-state index in [2.05, 4.69) is 6.92 Å². The molecule has 0 aliphatic heterocycles. The molecule has 0 radical (unpaired) electrons. The average molecular weight is 272 g/mol. The highest BCUT2D eigenvalue weighted by molar-refractivity contribution is 5.98. The summed E-state index contributed by atoms with van der Waals surface area (Å²) in [5.41, 5.74) is -1.39. The molecule has 0 saturated carbocycles.